The molecule has 1 aromatic carbocycles. The Morgan fingerprint density at radius 3 is 2.83 bits per heavy atom. The van der Waals surface area contributed by atoms with E-state index in [9.17, 15) is 4.79 Å². The molecule has 6 nitrogen and oxygen atoms in total. The van der Waals surface area contributed by atoms with Gasteiger partial charge in [-0.15, -0.1) is 11.3 Å². The lowest BCUT2D eigenvalue weighted by Crippen LogP contribution is -2.44. The number of benzene rings is 1. The highest BCUT2D eigenvalue weighted by Gasteiger charge is 2.24. The molecule has 2 aromatic rings. The van der Waals surface area contributed by atoms with Crippen LogP contribution >= 0.6 is 11.3 Å². The Bertz CT molecular complexity index is 801. The maximum absolute atomic E-state index is 12.4. The molecule has 156 valence electrons. The van der Waals surface area contributed by atoms with Gasteiger partial charge in [-0.05, 0) is 36.1 Å². The number of ether oxygens (including phenoxy) is 3. The fourth-order valence-corrected chi connectivity index (χ4v) is 4.14. The zero-order chi connectivity index (χ0) is 20.5. The Kier molecular flexibility index (Phi) is 8.10. The normalized spacial score (nSPS) is 15.9. The number of morpholine rings is 1. The molecule has 7 heteroatoms. The second kappa shape index (κ2) is 11.0. The largest absolute Gasteiger partial charge is 0.493 e. The fourth-order valence-electron chi connectivity index (χ4n) is 3.28. The van der Waals surface area contributed by atoms with Crippen LogP contribution < -0.4 is 14.8 Å². The molecule has 2 heterocycles. The molecule has 1 saturated heterocycles. The predicted molar refractivity (Wildman–Crippen MR) is 116 cm³/mol. The van der Waals surface area contributed by atoms with Gasteiger partial charge in [0.1, 0.15) is 0 Å². The third kappa shape index (κ3) is 6.06. The Balaban J connectivity index is 1.55. The topological polar surface area (TPSA) is 60.0 Å². The SMILES string of the molecule is C/C=C/c1ccc(OCC(=O)NCC(c2cccs2)N2CCOCC2)c(OC)c1. The van der Waals surface area contributed by atoms with Gasteiger partial charge in [0.05, 0.1) is 26.4 Å². The molecule has 1 aliphatic rings. The Hall–Kier alpha value is -2.35. The molecule has 0 aliphatic carbocycles. The van der Waals surface area contributed by atoms with Crippen LogP contribution in [0.4, 0.5) is 0 Å². The van der Waals surface area contributed by atoms with Crippen molar-refractivity contribution in [1.82, 2.24) is 10.2 Å². The number of carbonyl (C=O) groups is 1. The molecule has 0 spiro atoms. The molecule has 1 fully saturated rings. The minimum Gasteiger partial charge on any atom is -0.493 e. The van der Waals surface area contributed by atoms with Crippen LogP contribution in [0, 0.1) is 0 Å². The van der Waals surface area contributed by atoms with Crippen molar-refractivity contribution in [3.8, 4) is 11.5 Å². The molecule has 1 aliphatic heterocycles. The van der Waals surface area contributed by atoms with E-state index >= 15 is 0 Å². The summed E-state index contributed by atoms with van der Waals surface area (Å²) in [5.41, 5.74) is 1.02. The minimum atomic E-state index is -0.153. The summed E-state index contributed by atoms with van der Waals surface area (Å²) in [4.78, 5) is 16.0. The highest BCUT2D eigenvalue weighted by molar-refractivity contribution is 7.10. The van der Waals surface area contributed by atoms with E-state index in [0.717, 1.165) is 31.9 Å². The number of carbonyl (C=O) groups excluding carboxylic acids is 1. The second-order valence-corrected chi connectivity index (χ2v) is 7.66. The quantitative estimate of drug-likeness (QED) is 0.679. The molecule has 1 unspecified atom stereocenters. The van der Waals surface area contributed by atoms with Crippen LogP contribution in [0.15, 0.2) is 41.8 Å². The van der Waals surface area contributed by atoms with Crippen LogP contribution in [0.2, 0.25) is 0 Å². The van der Waals surface area contributed by atoms with Crippen molar-refractivity contribution in [2.24, 2.45) is 0 Å². The Morgan fingerprint density at radius 2 is 2.14 bits per heavy atom. The average Bonchev–Trinajstić information content (AvgIpc) is 3.28. The van der Waals surface area contributed by atoms with Crippen LogP contribution in [0.1, 0.15) is 23.4 Å². The maximum atomic E-state index is 12.4. The average molecular weight is 417 g/mol. The highest BCUT2D eigenvalue weighted by atomic mass is 32.1. The van der Waals surface area contributed by atoms with Gasteiger partial charge in [-0.25, -0.2) is 0 Å². The Morgan fingerprint density at radius 1 is 1.31 bits per heavy atom. The summed E-state index contributed by atoms with van der Waals surface area (Å²) < 4.78 is 16.5. The Labute approximate surface area is 176 Å². The van der Waals surface area contributed by atoms with Gasteiger partial charge in [-0.3, -0.25) is 9.69 Å². The molecular formula is C22H28N2O4S. The van der Waals surface area contributed by atoms with Gasteiger partial charge in [-0.2, -0.15) is 0 Å². The summed E-state index contributed by atoms with van der Waals surface area (Å²) in [5, 5.41) is 5.08. The number of methoxy groups -OCH3 is 1. The maximum Gasteiger partial charge on any atom is 0.258 e. The number of nitrogens with zero attached hydrogens (tertiary/aromatic N) is 1. The van der Waals surface area contributed by atoms with Gasteiger partial charge in [-0.1, -0.05) is 24.3 Å². The lowest BCUT2D eigenvalue weighted by molar-refractivity contribution is -0.123. The minimum absolute atomic E-state index is 0.0560. The molecule has 1 atom stereocenters. The van der Waals surface area contributed by atoms with Gasteiger partial charge < -0.3 is 19.5 Å². The highest BCUT2D eigenvalue weighted by Crippen LogP contribution is 2.29. The van der Waals surface area contributed by atoms with Gasteiger partial charge in [0.25, 0.3) is 5.91 Å². The van der Waals surface area contributed by atoms with E-state index in [1.165, 1.54) is 4.88 Å². The molecule has 0 saturated carbocycles. The van der Waals surface area contributed by atoms with Crippen LogP contribution in [0.5, 0.6) is 11.5 Å². The van der Waals surface area contributed by atoms with Crippen molar-refractivity contribution in [2.75, 3.05) is 46.6 Å². The summed E-state index contributed by atoms with van der Waals surface area (Å²) in [5.74, 6) is 1.01. The van der Waals surface area contributed by atoms with Crippen molar-refractivity contribution >= 4 is 23.3 Å². The summed E-state index contributed by atoms with van der Waals surface area (Å²) >= 11 is 1.71. The molecule has 0 radical (unpaired) electrons. The van der Waals surface area contributed by atoms with Crippen LogP contribution in [0.3, 0.4) is 0 Å². The van der Waals surface area contributed by atoms with Crippen molar-refractivity contribution in [3.05, 3.63) is 52.2 Å². The molecule has 1 aromatic heterocycles. The van der Waals surface area contributed by atoms with E-state index < -0.39 is 0 Å². The zero-order valence-electron chi connectivity index (χ0n) is 16.9. The summed E-state index contributed by atoms with van der Waals surface area (Å²) in [7, 11) is 1.59. The number of allylic oxidation sites excluding steroid dienone is 1. The summed E-state index contributed by atoms with van der Waals surface area (Å²) in [6, 6.07) is 9.95. The molecule has 1 amide bonds. The molecular weight excluding hydrogens is 388 g/mol. The lowest BCUT2D eigenvalue weighted by Gasteiger charge is -2.34. The van der Waals surface area contributed by atoms with Gasteiger partial charge in [0.2, 0.25) is 0 Å². The molecule has 3 rings (SSSR count). The number of thiophene rings is 1. The van der Waals surface area contributed by atoms with Gasteiger partial charge in [0, 0.05) is 24.5 Å². The first-order valence-electron chi connectivity index (χ1n) is 9.76. The monoisotopic (exact) mass is 416 g/mol. The standard InChI is InChI=1S/C22H28N2O4S/c1-3-5-17-7-8-19(20(14-17)26-2)28-16-22(25)23-15-18(21-6-4-13-29-21)24-9-11-27-12-10-24/h3-8,13-14,18H,9-12,15-16H2,1-2H3,(H,23,25)/b5-3+. The molecule has 0 bridgehead atoms. The fraction of sp³-hybridized carbons (Fsp3) is 0.409. The van der Waals surface area contributed by atoms with Crippen LogP contribution in [-0.4, -0.2) is 57.4 Å². The third-order valence-electron chi connectivity index (χ3n) is 4.76. The van der Waals surface area contributed by atoms with Crippen LogP contribution in [0.25, 0.3) is 6.08 Å². The van der Waals surface area contributed by atoms with Gasteiger partial charge >= 0.3 is 0 Å². The van der Waals surface area contributed by atoms with E-state index in [0.29, 0.717) is 18.0 Å². The molecule has 1 N–H and O–H groups in total. The molecule has 29 heavy (non-hydrogen) atoms. The number of rotatable bonds is 9. The number of hydrogen-bond acceptors (Lipinski definition) is 6. The van der Waals surface area contributed by atoms with E-state index in [4.69, 9.17) is 14.2 Å². The van der Waals surface area contributed by atoms with Crippen molar-refractivity contribution in [1.29, 1.82) is 0 Å². The van der Waals surface area contributed by atoms with Crippen LogP contribution in [-0.2, 0) is 9.53 Å². The number of hydrogen-bond donors (Lipinski definition) is 1. The third-order valence-corrected chi connectivity index (χ3v) is 5.73. The number of amides is 1. The van der Waals surface area contributed by atoms with E-state index in [-0.39, 0.29) is 18.6 Å². The zero-order valence-corrected chi connectivity index (χ0v) is 17.7. The smallest absolute Gasteiger partial charge is 0.258 e. The first kappa shape index (κ1) is 21.4. The van der Waals surface area contributed by atoms with Crippen molar-refractivity contribution in [2.45, 2.75) is 13.0 Å². The van der Waals surface area contributed by atoms with E-state index in [1.54, 1.807) is 18.4 Å². The lowest BCUT2D eigenvalue weighted by atomic mass is 10.2. The predicted octanol–water partition coefficient (Wildman–Crippen LogP) is 3.36. The van der Waals surface area contributed by atoms with Gasteiger partial charge in [0.15, 0.2) is 18.1 Å². The second-order valence-electron chi connectivity index (χ2n) is 6.68. The van der Waals surface area contributed by atoms with E-state index in [1.807, 2.05) is 43.3 Å². The summed E-state index contributed by atoms with van der Waals surface area (Å²) in [6.45, 7) is 5.63. The number of nitrogens with one attached hydrogen (secondary N) is 1. The summed E-state index contributed by atoms with van der Waals surface area (Å²) in [6.07, 6.45) is 3.94. The first-order chi connectivity index (χ1) is 14.2. The van der Waals surface area contributed by atoms with Crippen molar-refractivity contribution in [3.63, 3.8) is 0 Å². The van der Waals surface area contributed by atoms with E-state index in [2.05, 4.69) is 21.7 Å². The van der Waals surface area contributed by atoms with Crippen molar-refractivity contribution < 1.29 is 19.0 Å². The first-order valence-corrected chi connectivity index (χ1v) is 10.6.